The number of halogens is 1. The van der Waals surface area contributed by atoms with Crippen LogP contribution < -0.4 is 5.32 Å². The summed E-state index contributed by atoms with van der Waals surface area (Å²) in [6, 6.07) is 7.02. The van der Waals surface area contributed by atoms with E-state index < -0.39 is 0 Å². The Hall–Kier alpha value is -1.89. The van der Waals surface area contributed by atoms with Gasteiger partial charge < -0.3 is 15.1 Å². The van der Waals surface area contributed by atoms with Crippen molar-refractivity contribution in [3.8, 4) is 0 Å². The van der Waals surface area contributed by atoms with Crippen LogP contribution in [0.3, 0.4) is 0 Å². The van der Waals surface area contributed by atoms with Gasteiger partial charge >= 0.3 is 0 Å². The smallest absolute Gasteiger partial charge is 0.257 e. The van der Waals surface area contributed by atoms with E-state index in [2.05, 4.69) is 38.0 Å². The molecule has 1 fully saturated rings. The fourth-order valence-corrected chi connectivity index (χ4v) is 6.16. The highest BCUT2D eigenvalue weighted by molar-refractivity contribution is 7.17. The number of likely N-dealkylation sites (N-methyl/N-ethyl adjacent to an activating group) is 1. The lowest BCUT2D eigenvalue weighted by Crippen LogP contribution is -2.47. The van der Waals surface area contributed by atoms with Gasteiger partial charge in [0.1, 0.15) is 5.00 Å². The largest absolute Gasteiger partial charge is 0.336 e. The zero-order chi connectivity index (χ0) is 23.0. The summed E-state index contributed by atoms with van der Waals surface area (Å²) in [7, 11) is 2.08. The van der Waals surface area contributed by atoms with Crippen molar-refractivity contribution in [1.29, 1.82) is 0 Å². The molecule has 0 spiro atoms. The summed E-state index contributed by atoms with van der Waals surface area (Å²) in [6.07, 6.45) is 2.90. The molecule has 7 heteroatoms. The van der Waals surface area contributed by atoms with E-state index in [9.17, 15) is 9.59 Å². The van der Waals surface area contributed by atoms with Gasteiger partial charge in [-0.2, -0.15) is 0 Å². The molecule has 1 atom stereocenters. The summed E-state index contributed by atoms with van der Waals surface area (Å²) in [6.45, 7) is 10.0. The minimum Gasteiger partial charge on any atom is -0.336 e. The summed E-state index contributed by atoms with van der Waals surface area (Å²) < 4.78 is 0. The van der Waals surface area contributed by atoms with Gasteiger partial charge in [-0.05, 0) is 55.3 Å². The lowest BCUT2D eigenvalue weighted by Gasteiger charge is -2.35. The van der Waals surface area contributed by atoms with Crippen LogP contribution in [0.15, 0.2) is 24.3 Å². The Kier molecular flexibility index (Phi) is 6.66. The van der Waals surface area contributed by atoms with Crippen molar-refractivity contribution in [2.45, 2.75) is 40.0 Å². The van der Waals surface area contributed by atoms with E-state index in [1.165, 1.54) is 4.88 Å². The SMILES string of the molecule is CN1CCN(C(=O)c2c(NC(=O)c3ccccc3Cl)sc3c2CC[C@H](C(C)(C)C)C3)CC1. The molecule has 1 N–H and O–H groups in total. The molecule has 1 saturated heterocycles. The van der Waals surface area contributed by atoms with Crippen LogP contribution in [0, 0.1) is 11.3 Å². The number of piperazine rings is 1. The van der Waals surface area contributed by atoms with E-state index in [4.69, 9.17) is 11.6 Å². The number of carbonyl (C=O) groups excluding carboxylic acids is 2. The van der Waals surface area contributed by atoms with Crippen LogP contribution in [-0.2, 0) is 12.8 Å². The van der Waals surface area contributed by atoms with Gasteiger partial charge in [0.2, 0.25) is 0 Å². The van der Waals surface area contributed by atoms with E-state index in [1.807, 2.05) is 4.90 Å². The van der Waals surface area contributed by atoms with Crippen molar-refractivity contribution in [2.24, 2.45) is 11.3 Å². The monoisotopic (exact) mass is 473 g/mol. The van der Waals surface area contributed by atoms with Crippen LogP contribution in [-0.4, -0.2) is 54.8 Å². The number of hydrogen-bond donors (Lipinski definition) is 1. The van der Waals surface area contributed by atoms with Crippen molar-refractivity contribution in [1.82, 2.24) is 9.80 Å². The number of thiophene rings is 1. The molecule has 4 rings (SSSR count). The fraction of sp³-hybridized carbons (Fsp3) is 0.520. The Morgan fingerprint density at radius 3 is 2.47 bits per heavy atom. The highest BCUT2D eigenvalue weighted by Crippen LogP contribution is 2.45. The molecule has 1 aromatic carbocycles. The molecular weight excluding hydrogens is 442 g/mol. The molecule has 0 bridgehead atoms. The maximum absolute atomic E-state index is 13.7. The van der Waals surface area contributed by atoms with E-state index in [1.54, 1.807) is 35.6 Å². The summed E-state index contributed by atoms with van der Waals surface area (Å²) in [5.74, 6) is 0.334. The Bertz CT molecular complexity index is 1020. The second-order valence-electron chi connectivity index (χ2n) is 10.0. The first-order chi connectivity index (χ1) is 15.1. The van der Waals surface area contributed by atoms with Gasteiger partial charge in [-0.15, -0.1) is 11.3 Å². The van der Waals surface area contributed by atoms with E-state index in [-0.39, 0.29) is 17.2 Å². The third-order valence-electron chi connectivity index (χ3n) is 6.84. The molecule has 172 valence electrons. The van der Waals surface area contributed by atoms with Crippen molar-refractivity contribution < 1.29 is 9.59 Å². The van der Waals surface area contributed by atoms with Crippen molar-refractivity contribution in [2.75, 3.05) is 38.5 Å². The highest BCUT2D eigenvalue weighted by Gasteiger charge is 2.35. The topological polar surface area (TPSA) is 52.6 Å². The van der Waals surface area contributed by atoms with E-state index in [0.717, 1.165) is 37.9 Å². The van der Waals surface area contributed by atoms with Crippen LogP contribution >= 0.6 is 22.9 Å². The number of benzene rings is 1. The van der Waals surface area contributed by atoms with Crippen molar-refractivity contribution >= 4 is 39.8 Å². The molecule has 5 nitrogen and oxygen atoms in total. The molecule has 0 saturated carbocycles. The molecule has 2 heterocycles. The summed E-state index contributed by atoms with van der Waals surface area (Å²) >= 11 is 7.83. The van der Waals surface area contributed by atoms with Crippen molar-refractivity contribution in [3.05, 3.63) is 50.9 Å². The van der Waals surface area contributed by atoms with Crippen LogP contribution in [0.25, 0.3) is 0 Å². The van der Waals surface area contributed by atoms with E-state index >= 15 is 0 Å². The molecule has 32 heavy (non-hydrogen) atoms. The molecule has 2 aromatic rings. The number of fused-ring (bicyclic) bond motifs is 1. The normalized spacial score (nSPS) is 19.5. The third kappa shape index (κ3) is 4.73. The van der Waals surface area contributed by atoms with Crippen LogP contribution in [0.2, 0.25) is 5.02 Å². The summed E-state index contributed by atoms with van der Waals surface area (Å²) in [5.41, 5.74) is 2.46. The highest BCUT2D eigenvalue weighted by atomic mass is 35.5. The minimum absolute atomic E-state index is 0.0410. The first kappa shape index (κ1) is 23.3. The number of nitrogens with one attached hydrogen (secondary N) is 1. The van der Waals surface area contributed by atoms with Crippen LogP contribution in [0.5, 0.6) is 0 Å². The van der Waals surface area contributed by atoms with Gasteiger partial charge in [-0.25, -0.2) is 0 Å². The lowest BCUT2D eigenvalue weighted by molar-refractivity contribution is 0.0664. The molecule has 0 radical (unpaired) electrons. The molecule has 1 aliphatic carbocycles. The Labute approximate surface area is 199 Å². The maximum atomic E-state index is 13.7. The number of rotatable bonds is 3. The second kappa shape index (κ2) is 9.16. The van der Waals surface area contributed by atoms with Crippen molar-refractivity contribution in [3.63, 3.8) is 0 Å². The molecule has 0 unspecified atom stereocenters. The number of amides is 2. The Balaban J connectivity index is 1.68. The quantitative estimate of drug-likeness (QED) is 0.667. The Morgan fingerprint density at radius 2 is 1.81 bits per heavy atom. The molecular formula is C25H32ClN3O2S. The number of hydrogen-bond acceptors (Lipinski definition) is 4. The number of nitrogens with zero attached hydrogens (tertiary/aromatic N) is 2. The zero-order valence-corrected chi connectivity index (χ0v) is 20.9. The molecule has 2 aliphatic rings. The van der Waals surface area contributed by atoms with Gasteiger partial charge in [-0.3, -0.25) is 9.59 Å². The van der Waals surface area contributed by atoms with Gasteiger partial charge in [0.15, 0.2) is 0 Å². The molecule has 1 aliphatic heterocycles. The Morgan fingerprint density at radius 1 is 1.12 bits per heavy atom. The van der Waals surface area contributed by atoms with Gasteiger partial charge in [0.25, 0.3) is 11.8 Å². The summed E-state index contributed by atoms with van der Waals surface area (Å²) in [4.78, 5) is 32.1. The standard InChI is InChI=1S/C25H32ClN3O2S/c1-25(2,3)16-9-10-18-20(15-16)32-23(27-22(30)17-7-5-6-8-19(17)26)21(18)24(31)29-13-11-28(4)12-14-29/h5-8,16H,9-15H2,1-4H3,(H,27,30)/t16-/m0/s1. The van der Waals surface area contributed by atoms with Crippen LogP contribution in [0.1, 0.15) is 58.3 Å². The van der Waals surface area contributed by atoms with Crippen LogP contribution in [0.4, 0.5) is 5.00 Å². The van der Waals surface area contributed by atoms with Gasteiger partial charge in [0.05, 0.1) is 16.1 Å². The average Bonchev–Trinajstić information content (AvgIpc) is 3.10. The predicted octanol–water partition coefficient (Wildman–Crippen LogP) is 5.19. The number of anilines is 1. The van der Waals surface area contributed by atoms with E-state index in [0.29, 0.717) is 40.2 Å². The molecule has 2 amide bonds. The summed E-state index contributed by atoms with van der Waals surface area (Å²) in [5, 5.41) is 4.12. The fourth-order valence-electron chi connectivity index (χ4n) is 4.62. The van der Waals surface area contributed by atoms with Gasteiger partial charge in [0, 0.05) is 31.1 Å². The molecule has 1 aromatic heterocycles. The first-order valence-corrected chi connectivity index (χ1v) is 12.5. The zero-order valence-electron chi connectivity index (χ0n) is 19.3. The number of carbonyl (C=O) groups is 2. The third-order valence-corrected chi connectivity index (χ3v) is 8.34. The lowest BCUT2D eigenvalue weighted by atomic mass is 9.72. The maximum Gasteiger partial charge on any atom is 0.257 e. The second-order valence-corrected chi connectivity index (χ2v) is 11.6. The average molecular weight is 474 g/mol. The van der Waals surface area contributed by atoms with Gasteiger partial charge in [-0.1, -0.05) is 44.5 Å². The minimum atomic E-state index is -0.269. The predicted molar refractivity (Wildman–Crippen MR) is 132 cm³/mol. The first-order valence-electron chi connectivity index (χ1n) is 11.3.